The van der Waals surface area contributed by atoms with Crippen molar-refractivity contribution in [2.45, 2.75) is 70.5 Å². The van der Waals surface area contributed by atoms with E-state index in [4.69, 9.17) is 9.15 Å². The van der Waals surface area contributed by atoms with Crippen LogP contribution in [0.1, 0.15) is 50.1 Å². The number of oxazole rings is 1. The highest BCUT2D eigenvalue weighted by Crippen LogP contribution is 2.39. The van der Waals surface area contributed by atoms with Gasteiger partial charge in [0.1, 0.15) is 30.1 Å². The number of halogens is 1. The van der Waals surface area contributed by atoms with Crippen LogP contribution >= 0.6 is 0 Å². The van der Waals surface area contributed by atoms with Crippen molar-refractivity contribution in [2.75, 3.05) is 44.5 Å². The number of nitrogens with one attached hydrogen (secondary N) is 4. The van der Waals surface area contributed by atoms with Crippen LogP contribution in [0.25, 0.3) is 11.1 Å². The van der Waals surface area contributed by atoms with Gasteiger partial charge in [-0.2, -0.15) is 0 Å². The lowest BCUT2D eigenvalue weighted by atomic mass is 9.95. The molecule has 4 N–H and O–H groups in total. The Hall–Kier alpha value is -4.98. The van der Waals surface area contributed by atoms with Gasteiger partial charge in [-0.1, -0.05) is 50.6 Å². The molecule has 0 saturated heterocycles. The molecule has 3 aliphatic heterocycles. The summed E-state index contributed by atoms with van der Waals surface area (Å²) in [5.74, 6) is -1.60. The number of carbonyl (C=O) groups is 4. The zero-order valence-corrected chi connectivity index (χ0v) is 29.1. The van der Waals surface area contributed by atoms with E-state index in [9.17, 15) is 23.6 Å². The van der Waals surface area contributed by atoms with E-state index in [-0.39, 0.29) is 62.8 Å². The van der Waals surface area contributed by atoms with Gasteiger partial charge >= 0.3 is 0 Å². The lowest BCUT2D eigenvalue weighted by Gasteiger charge is -2.35. The number of anilines is 1. The van der Waals surface area contributed by atoms with Gasteiger partial charge in [0.2, 0.25) is 29.5 Å². The summed E-state index contributed by atoms with van der Waals surface area (Å²) in [6, 6.07) is 10.4. The second-order valence-corrected chi connectivity index (χ2v) is 13.2. The van der Waals surface area contributed by atoms with Gasteiger partial charge in [-0.15, -0.1) is 0 Å². The number of hydrogen-bond donors (Lipinski definition) is 4. The Morgan fingerprint density at radius 2 is 1.98 bits per heavy atom. The maximum atomic E-state index is 14.4. The number of aromatic nitrogens is 1. The molecule has 4 heterocycles. The largest absolute Gasteiger partial charge is 0.440 e. The van der Waals surface area contributed by atoms with E-state index in [0.29, 0.717) is 43.5 Å². The van der Waals surface area contributed by atoms with Crippen LogP contribution in [0.4, 0.5) is 10.1 Å². The van der Waals surface area contributed by atoms with Gasteiger partial charge in [-0.25, -0.2) is 4.98 Å². The van der Waals surface area contributed by atoms with E-state index in [1.54, 1.807) is 23.2 Å². The fourth-order valence-electron chi connectivity index (χ4n) is 7.03. The number of fused-ring (bicyclic) bond motifs is 1. The highest BCUT2D eigenvalue weighted by molar-refractivity contribution is 6.08. The number of aryl methyl sites for hydroxylation is 1. The van der Waals surface area contributed by atoms with Crippen LogP contribution < -0.4 is 26.2 Å². The van der Waals surface area contributed by atoms with Crippen LogP contribution in [-0.4, -0.2) is 91.3 Å². The van der Waals surface area contributed by atoms with Crippen molar-refractivity contribution in [3.63, 3.8) is 0 Å². The summed E-state index contributed by atoms with van der Waals surface area (Å²) in [4.78, 5) is 63.9. The number of ether oxygens (including phenoxy) is 1. The van der Waals surface area contributed by atoms with Crippen LogP contribution in [0, 0.1) is 5.92 Å². The molecule has 51 heavy (non-hydrogen) atoms. The van der Waals surface area contributed by atoms with Gasteiger partial charge in [0.05, 0.1) is 32.2 Å². The number of para-hydroxylation sites is 3. The van der Waals surface area contributed by atoms with Crippen molar-refractivity contribution in [3.05, 3.63) is 71.4 Å². The number of hydrogen-bond acceptors (Lipinski definition) is 9. The molecule has 272 valence electrons. The summed E-state index contributed by atoms with van der Waals surface area (Å²) in [6.07, 6.45) is 3.61. The maximum absolute atomic E-state index is 14.4. The lowest BCUT2D eigenvalue weighted by molar-refractivity contribution is -0.144. The van der Waals surface area contributed by atoms with Crippen LogP contribution in [0.3, 0.4) is 0 Å². The Labute approximate surface area is 296 Å². The second kappa shape index (κ2) is 16.4. The number of alkyl halides is 1. The third-order valence-electron chi connectivity index (χ3n) is 9.82. The smallest absolute Gasteiger partial charge is 0.250 e. The van der Waals surface area contributed by atoms with Crippen LogP contribution in [0.15, 0.2) is 58.8 Å². The van der Waals surface area contributed by atoms with Crippen molar-refractivity contribution in [1.29, 1.82) is 0 Å². The first-order chi connectivity index (χ1) is 24.8. The first-order valence-electron chi connectivity index (χ1n) is 17.7. The molecule has 0 saturated carbocycles. The molecule has 0 fully saturated rings. The summed E-state index contributed by atoms with van der Waals surface area (Å²) in [7, 11) is 0. The van der Waals surface area contributed by atoms with Crippen molar-refractivity contribution in [1.82, 2.24) is 31.2 Å². The van der Waals surface area contributed by atoms with Crippen molar-refractivity contribution >= 4 is 40.4 Å². The third-order valence-corrected chi connectivity index (χ3v) is 9.82. The molecule has 4 atom stereocenters. The highest BCUT2D eigenvalue weighted by Gasteiger charge is 2.45. The summed E-state index contributed by atoms with van der Waals surface area (Å²) in [5.41, 5.74) is 4.59. The molecule has 0 unspecified atom stereocenters. The molecule has 14 heteroatoms. The molecule has 0 aliphatic carbocycles. The summed E-state index contributed by atoms with van der Waals surface area (Å²) in [6.45, 7) is 4.50. The molecule has 0 spiro atoms. The normalized spacial score (nSPS) is 19.0. The van der Waals surface area contributed by atoms with Crippen molar-refractivity contribution < 1.29 is 32.7 Å². The van der Waals surface area contributed by atoms with Gasteiger partial charge in [0.15, 0.2) is 5.58 Å². The van der Waals surface area contributed by atoms with E-state index < -0.39 is 36.6 Å². The van der Waals surface area contributed by atoms with Gasteiger partial charge in [0, 0.05) is 31.5 Å². The molecular weight excluding hydrogens is 657 g/mol. The summed E-state index contributed by atoms with van der Waals surface area (Å²) < 4.78 is 24.2. The fourth-order valence-corrected chi connectivity index (χ4v) is 7.03. The second-order valence-electron chi connectivity index (χ2n) is 13.2. The number of amides is 4. The molecule has 0 radical (unpaired) electrons. The van der Waals surface area contributed by atoms with Crippen molar-refractivity contribution in [3.8, 4) is 0 Å². The van der Waals surface area contributed by atoms with E-state index >= 15 is 0 Å². The maximum Gasteiger partial charge on any atom is 0.250 e. The Kier molecular flexibility index (Phi) is 11.5. The quantitative estimate of drug-likeness (QED) is 0.165. The minimum Gasteiger partial charge on any atom is -0.440 e. The van der Waals surface area contributed by atoms with Crippen LogP contribution in [0.2, 0.25) is 0 Å². The van der Waals surface area contributed by atoms with Crippen LogP contribution in [0.5, 0.6) is 0 Å². The average molecular weight is 704 g/mol. The lowest BCUT2D eigenvalue weighted by Crippen LogP contribution is -2.59. The SMILES string of the molecule is CC[C@H](C)[C@@H](C(=O)N[C@H]1CCc2cccc3c2N(C1=O)[C@H](C(=O)NCC1=CNCN1)C3)N(CCOCCCF)C(=O)Cc1nc2ccccc2o1. The molecule has 6 rings (SSSR count). The van der Waals surface area contributed by atoms with Crippen molar-refractivity contribution in [2.24, 2.45) is 5.92 Å². The molecule has 13 nitrogen and oxygen atoms in total. The minimum atomic E-state index is -0.955. The topological polar surface area (TPSA) is 158 Å². The number of rotatable bonds is 16. The van der Waals surface area contributed by atoms with Gasteiger partial charge < -0.3 is 35.3 Å². The first-order valence-corrected chi connectivity index (χ1v) is 17.7. The van der Waals surface area contributed by atoms with Gasteiger partial charge in [-0.05, 0) is 48.4 Å². The molecule has 0 bridgehead atoms. The zero-order valence-electron chi connectivity index (χ0n) is 29.1. The Balaban J connectivity index is 1.23. The predicted molar refractivity (Wildman–Crippen MR) is 188 cm³/mol. The predicted octanol–water partition coefficient (Wildman–Crippen LogP) is 2.49. The Morgan fingerprint density at radius 3 is 2.75 bits per heavy atom. The highest BCUT2D eigenvalue weighted by atomic mass is 19.1. The third kappa shape index (κ3) is 8.01. The molecule has 4 amide bonds. The number of nitrogens with zero attached hydrogens (tertiary/aromatic N) is 3. The van der Waals surface area contributed by atoms with E-state index in [2.05, 4.69) is 26.3 Å². The standard InChI is InChI=1S/C37H46FN7O6/c1-3-23(2)33(44(15-17-50-16-7-14-38)32(46)19-31-42-27-10-4-5-11-30(27)51-31)36(48)43-28-13-12-24-8-6-9-25-18-29(45(34(24)25)37(28)49)35(47)40-21-26-20-39-22-41-26/h4-6,8-11,20,23,28-29,33,39,41H,3,7,12-19,21-22H2,1-2H3,(H,40,47)(H,43,48)/t23-,28-,29-,33-/m0/s1. The van der Waals surface area contributed by atoms with E-state index in [1.165, 1.54) is 4.90 Å². The molecular formula is C37H46FN7O6. The molecule has 3 aliphatic rings. The molecule has 1 aromatic heterocycles. The summed E-state index contributed by atoms with van der Waals surface area (Å²) in [5, 5.41) is 12.1. The van der Waals surface area contributed by atoms with E-state index in [1.807, 2.05) is 44.2 Å². The van der Waals surface area contributed by atoms with Gasteiger partial charge in [-0.3, -0.25) is 28.5 Å². The summed E-state index contributed by atoms with van der Waals surface area (Å²) >= 11 is 0. The zero-order chi connectivity index (χ0) is 35.9. The van der Waals surface area contributed by atoms with Gasteiger partial charge in [0.25, 0.3) is 0 Å². The Bertz CT molecular complexity index is 1750. The van der Waals surface area contributed by atoms with Crippen LogP contribution in [-0.2, 0) is 43.2 Å². The molecule has 2 aromatic carbocycles. The Morgan fingerprint density at radius 1 is 1.16 bits per heavy atom. The first kappa shape index (κ1) is 35.8. The fraction of sp³-hybridized carbons (Fsp3) is 0.486. The minimum absolute atomic E-state index is 0.0658. The molecule has 3 aromatic rings. The number of carbonyl (C=O) groups excluding carboxylic acids is 4. The monoisotopic (exact) mass is 703 g/mol. The number of benzene rings is 2. The van der Waals surface area contributed by atoms with E-state index in [0.717, 1.165) is 22.5 Å². The average Bonchev–Trinajstić information content (AvgIpc) is 3.88.